The van der Waals surface area contributed by atoms with E-state index in [9.17, 15) is 4.79 Å². The molecule has 4 nitrogen and oxygen atoms in total. The number of nitrogens with zero attached hydrogens (tertiary/aromatic N) is 2. The lowest BCUT2D eigenvalue weighted by atomic mass is 10.1. The molecule has 1 N–H and O–H groups in total. The predicted molar refractivity (Wildman–Crippen MR) is 81.0 cm³/mol. The third-order valence-corrected chi connectivity index (χ3v) is 3.09. The summed E-state index contributed by atoms with van der Waals surface area (Å²) in [4.78, 5) is 13.8. The van der Waals surface area contributed by atoms with Gasteiger partial charge in [0.05, 0.1) is 11.6 Å². The Bertz CT molecular complexity index is 515. The number of nitrogens with one attached hydrogen (secondary N) is 1. The van der Waals surface area contributed by atoms with Crippen LogP contribution in [0.25, 0.3) is 6.08 Å². The zero-order chi connectivity index (χ0) is 15.0. The summed E-state index contributed by atoms with van der Waals surface area (Å²) in [5.41, 5.74) is 1.43. The second-order valence-corrected chi connectivity index (χ2v) is 4.94. The highest BCUT2D eigenvalue weighted by molar-refractivity contribution is 5.91. The first-order valence-corrected chi connectivity index (χ1v) is 6.69. The molecule has 1 aromatic rings. The van der Waals surface area contributed by atoms with Gasteiger partial charge in [0.25, 0.3) is 0 Å². The molecule has 0 unspecified atom stereocenters. The lowest BCUT2D eigenvalue weighted by Crippen LogP contribution is -2.35. The van der Waals surface area contributed by atoms with Gasteiger partial charge in [0.1, 0.15) is 0 Å². The van der Waals surface area contributed by atoms with E-state index in [-0.39, 0.29) is 5.91 Å². The van der Waals surface area contributed by atoms with Crippen molar-refractivity contribution in [3.63, 3.8) is 0 Å². The average molecular weight is 271 g/mol. The monoisotopic (exact) mass is 271 g/mol. The number of hydrogen-bond donors (Lipinski definition) is 1. The largest absolute Gasteiger partial charge is 0.351 e. The minimum atomic E-state index is -0.121. The maximum Gasteiger partial charge on any atom is 0.244 e. The lowest BCUT2D eigenvalue weighted by Gasteiger charge is -2.20. The molecule has 0 fully saturated rings. The van der Waals surface area contributed by atoms with Crippen molar-refractivity contribution in [1.29, 1.82) is 5.26 Å². The molecule has 20 heavy (non-hydrogen) atoms. The van der Waals surface area contributed by atoms with Crippen LogP contribution in [0.4, 0.5) is 0 Å². The molecular formula is C16H21N3O. The van der Waals surface area contributed by atoms with E-state index in [4.69, 9.17) is 5.26 Å². The zero-order valence-corrected chi connectivity index (χ0v) is 12.3. The molecule has 0 spiro atoms. The third kappa shape index (κ3) is 5.68. The van der Waals surface area contributed by atoms with Gasteiger partial charge in [0.2, 0.25) is 5.91 Å². The molecule has 0 aliphatic heterocycles. The molecule has 0 saturated heterocycles. The van der Waals surface area contributed by atoms with E-state index in [1.807, 2.05) is 13.1 Å². The smallest absolute Gasteiger partial charge is 0.244 e. The molecular weight excluding hydrogens is 250 g/mol. The first-order chi connectivity index (χ1) is 9.52. The number of hydrogen-bond acceptors (Lipinski definition) is 3. The summed E-state index contributed by atoms with van der Waals surface area (Å²) >= 11 is 0. The van der Waals surface area contributed by atoms with Gasteiger partial charge >= 0.3 is 0 Å². The van der Waals surface area contributed by atoms with Gasteiger partial charge < -0.3 is 10.2 Å². The topological polar surface area (TPSA) is 56.1 Å². The number of benzene rings is 1. The molecule has 1 aromatic carbocycles. The molecule has 0 bridgehead atoms. The van der Waals surface area contributed by atoms with Crippen LogP contribution in [0.1, 0.15) is 25.0 Å². The highest BCUT2D eigenvalue weighted by Crippen LogP contribution is 2.05. The summed E-state index contributed by atoms with van der Waals surface area (Å²) in [6.45, 7) is 5.67. The van der Waals surface area contributed by atoms with E-state index in [2.05, 4.69) is 30.1 Å². The summed E-state index contributed by atoms with van der Waals surface area (Å²) < 4.78 is 0. The third-order valence-electron chi connectivity index (χ3n) is 3.09. The second-order valence-electron chi connectivity index (χ2n) is 4.94. The fourth-order valence-electron chi connectivity index (χ4n) is 1.56. The fraction of sp³-hybridized carbons (Fsp3) is 0.375. The Morgan fingerprint density at radius 3 is 2.90 bits per heavy atom. The number of likely N-dealkylation sites (N-methyl/N-ethyl adjacent to an activating group) is 1. The number of nitriles is 1. The first-order valence-electron chi connectivity index (χ1n) is 6.69. The summed E-state index contributed by atoms with van der Waals surface area (Å²) in [5, 5.41) is 11.6. The van der Waals surface area contributed by atoms with Gasteiger partial charge in [-0.2, -0.15) is 5.26 Å². The molecule has 0 saturated carbocycles. The molecule has 1 amide bonds. The van der Waals surface area contributed by atoms with Crippen LogP contribution in [0.15, 0.2) is 30.3 Å². The number of carbonyl (C=O) groups excluding carboxylic acids is 1. The van der Waals surface area contributed by atoms with Gasteiger partial charge in [0.15, 0.2) is 0 Å². The maximum absolute atomic E-state index is 11.6. The van der Waals surface area contributed by atoms with Gasteiger partial charge in [-0.05, 0) is 44.7 Å². The van der Waals surface area contributed by atoms with Crippen LogP contribution < -0.4 is 5.32 Å². The second kappa shape index (κ2) is 8.13. The molecule has 0 atom stereocenters. The van der Waals surface area contributed by atoms with Crippen molar-refractivity contribution in [1.82, 2.24) is 10.2 Å². The summed E-state index contributed by atoms with van der Waals surface area (Å²) in [5.74, 6) is -0.121. The van der Waals surface area contributed by atoms with Crippen molar-refractivity contribution in [3.05, 3.63) is 41.5 Å². The SMILES string of the molecule is CC(C)N(C)CCNC(=O)/C=C/c1cccc(C#N)c1. The molecule has 0 aliphatic rings. The summed E-state index contributed by atoms with van der Waals surface area (Å²) in [6.07, 6.45) is 3.20. The predicted octanol–water partition coefficient (Wildman–Crippen LogP) is 2.03. The number of rotatable bonds is 6. The van der Waals surface area contributed by atoms with Gasteiger partial charge in [-0.25, -0.2) is 0 Å². The quantitative estimate of drug-likeness (QED) is 0.805. The highest BCUT2D eigenvalue weighted by atomic mass is 16.1. The number of amides is 1. The van der Waals surface area contributed by atoms with Crippen molar-refractivity contribution in [3.8, 4) is 6.07 Å². The minimum absolute atomic E-state index is 0.121. The van der Waals surface area contributed by atoms with Crippen LogP contribution >= 0.6 is 0 Å². The van der Waals surface area contributed by atoms with Gasteiger partial charge in [-0.3, -0.25) is 4.79 Å². The Kier molecular flexibility index (Phi) is 6.48. The number of carbonyl (C=O) groups is 1. The van der Waals surface area contributed by atoms with Crippen LogP contribution in [0.5, 0.6) is 0 Å². The molecule has 0 aliphatic carbocycles. The molecule has 1 rings (SSSR count). The van der Waals surface area contributed by atoms with Crippen LogP contribution in [-0.2, 0) is 4.79 Å². The lowest BCUT2D eigenvalue weighted by molar-refractivity contribution is -0.116. The van der Waals surface area contributed by atoms with E-state index in [1.54, 1.807) is 24.3 Å². The minimum Gasteiger partial charge on any atom is -0.351 e. The van der Waals surface area contributed by atoms with Gasteiger partial charge in [-0.1, -0.05) is 12.1 Å². The van der Waals surface area contributed by atoms with Crippen molar-refractivity contribution in [2.75, 3.05) is 20.1 Å². The van der Waals surface area contributed by atoms with E-state index in [1.165, 1.54) is 6.08 Å². The first kappa shape index (κ1) is 15.9. The maximum atomic E-state index is 11.6. The Balaban J connectivity index is 2.42. The van der Waals surface area contributed by atoms with Crippen LogP contribution in [0, 0.1) is 11.3 Å². The summed E-state index contributed by atoms with van der Waals surface area (Å²) in [6, 6.07) is 9.68. The Morgan fingerprint density at radius 2 is 2.25 bits per heavy atom. The van der Waals surface area contributed by atoms with E-state index in [0.717, 1.165) is 12.1 Å². The summed E-state index contributed by atoms with van der Waals surface area (Å²) in [7, 11) is 2.03. The average Bonchev–Trinajstić information content (AvgIpc) is 2.45. The Hall–Kier alpha value is -2.12. The Morgan fingerprint density at radius 1 is 1.50 bits per heavy atom. The molecule has 106 valence electrons. The van der Waals surface area contributed by atoms with E-state index >= 15 is 0 Å². The van der Waals surface area contributed by atoms with Crippen LogP contribution in [-0.4, -0.2) is 37.0 Å². The van der Waals surface area contributed by atoms with Crippen molar-refractivity contribution < 1.29 is 4.79 Å². The van der Waals surface area contributed by atoms with E-state index < -0.39 is 0 Å². The van der Waals surface area contributed by atoms with E-state index in [0.29, 0.717) is 18.2 Å². The van der Waals surface area contributed by atoms with Crippen LogP contribution in [0.2, 0.25) is 0 Å². The standard InChI is InChI=1S/C16H21N3O/c1-13(2)19(3)10-9-18-16(20)8-7-14-5-4-6-15(11-14)12-17/h4-8,11,13H,9-10H2,1-3H3,(H,18,20)/b8-7+. The Labute approximate surface area is 120 Å². The van der Waals surface area contributed by atoms with Crippen molar-refractivity contribution in [2.45, 2.75) is 19.9 Å². The zero-order valence-electron chi connectivity index (χ0n) is 12.3. The van der Waals surface area contributed by atoms with Crippen molar-refractivity contribution in [2.24, 2.45) is 0 Å². The highest BCUT2D eigenvalue weighted by Gasteiger charge is 2.02. The van der Waals surface area contributed by atoms with Gasteiger partial charge in [-0.15, -0.1) is 0 Å². The molecule has 4 heteroatoms. The fourth-order valence-corrected chi connectivity index (χ4v) is 1.56. The molecule has 0 aromatic heterocycles. The molecule has 0 heterocycles. The molecule has 0 radical (unpaired) electrons. The normalized spacial score (nSPS) is 11.0. The van der Waals surface area contributed by atoms with Crippen LogP contribution in [0.3, 0.4) is 0 Å². The van der Waals surface area contributed by atoms with Gasteiger partial charge in [0, 0.05) is 25.2 Å². The van der Waals surface area contributed by atoms with Crippen molar-refractivity contribution >= 4 is 12.0 Å².